The van der Waals surface area contributed by atoms with Crippen molar-refractivity contribution in [2.24, 2.45) is 0 Å². The van der Waals surface area contributed by atoms with Gasteiger partial charge in [-0.2, -0.15) is 0 Å². The van der Waals surface area contributed by atoms with Crippen LogP contribution in [-0.2, 0) is 6.54 Å². The molecular formula is C18H16ClN. The Morgan fingerprint density at radius 2 is 1.70 bits per heavy atom. The highest BCUT2D eigenvalue weighted by molar-refractivity contribution is 6.30. The van der Waals surface area contributed by atoms with Crippen molar-refractivity contribution in [3.8, 4) is 11.1 Å². The van der Waals surface area contributed by atoms with E-state index in [-0.39, 0.29) is 0 Å². The third-order valence-corrected chi connectivity index (χ3v) is 3.73. The predicted molar refractivity (Wildman–Crippen MR) is 87.2 cm³/mol. The summed E-state index contributed by atoms with van der Waals surface area (Å²) < 4.78 is 0. The number of halogens is 1. The first-order valence-electron chi connectivity index (χ1n) is 6.70. The third kappa shape index (κ3) is 2.55. The predicted octanol–water partition coefficient (Wildman–Crippen LogP) is 4.88. The van der Waals surface area contributed by atoms with Crippen LogP contribution in [0.3, 0.4) is 0 Å². The number of rotatable bonds is 3. The van der Waals surface area contributed by atoms with E-state index in [0.29, 0.717) is 0 Å². The smallest absolute Gasteiger partial charge is 0.0409 e. The van der Waals surface area contributed by atoms with Crippen LogP contribution in [0.2, 0.25) is 5.02 Å². The minimum atomic E-state index is 0.778. The van der Waals surface area contributed by atoms with Crippen LogP contribution in [0.25, 0.3) is 21.9 Å². The summed E-state index contributed by atoms with van der Waals surface area (Å²) in [7, 11) is 1.95. The Morgan fingerprint density at radius 1 is 0.900 bits per heavy atom. The van der Waals surface area contributed by atoms with Crippen molar-refractivity contribution >= 4 is 22.4 Å². The lowest BCUT2D eigenvalue weighted by atomic mass is 9.97. The Bertz CT molecular complexity index is 749. The minimum Gasteiger partial charge on any atom is -0.316 e. The maximum absolute atomic E-state index is 6.11. The van der Waals surface area contributed by atoms with E-state index in [1.807, 2.05) is 19.2 Å². The number of hydrogen-bond donors (Lipinski definition) is 1. The Labute approximate surface area is 124 Å². The van der Waals surface area contributed by atoms with E-state index in [9.17, 15) is 0 Å². The summed E-state index contributed by atoms with van der Waals surface area (Å²) >= 11 is 6.11. The van der Waals surface area contributed by atoms with Gasteiger partial charge in [0.1, 0.15) is 0 Å². The fourth-order valence-electron chi connectivity index (χ4n) is 2.54. The second-order valence-corrected chi connectivity index (χ2v) is 5.33. The van der Waals surface area contributed by atoms with Gasteiger partial charge in [0.25, 0.3) is 0 Å². The SMILES string of the molecule is CNCc1cc(Cl)ccc1-c1ccc2ccccc2c1. The second-order valence-electron chi connectivity index (χ2n) is 4.89. The molecule has 0 bridgehead atoms. The molecule has 0 heterocycles. The van der Waals surface area contributed by atoms with E-state index in [0.717, 1.165) is 11.6 Å². The summed E-state index contributed by atoms with van der Waals surface area (Å²) in [4.78, 5) is 0. The standard InChI is InChI=1S/C18H16ClN/c1-20-12-16-11-17(19)8-9-18(16)15-7-6-13-4-2-3-5-14(13)10-15/h2-11,20H,12H2,1H3. The van der Waals surface area contributed by atoms with Gasteiger partial charge in [0, 0.05) is 11.6 Å². The quantitative estimate of drug-likeness (QED) is 0.721. The first kappa shape index (κ1) is 13.2. The van der Waals surface area contributed by atoms with E-state index in [1.54, 1.807) is 0 Å². The maximum Gasteiger partial charge on any atom is 0.0409 e. The van der Waals surface area contributed by atoms with Crippen molar-refractivity contribution in [2.75, 3.05) is 7.05 Å². The van der Waals surface area contributed by atoms with Crippen molar-refractivity contribution in [1.29, 1.82) is 0 Å². The van der Waals surface area contributed by atoms with E-state index < -0.39 is 0 Å². The Balaban J connectivity index is 2.14. The van der Waals surface area contributed by atoms with Gasteiger partial charge in [-0.15, -0.1) is 0 Å². The van der Waals surface area contributed by atoms with Crippen LogP contribution in [0.4, 0.5) is 0 Å². The first-order chi connectivity index (χ1) is 9.78. The van der Waals surface area contributed by atoms with Crippen molar-refractivity contribution in [2.45, 2.75) is 6.54 Å². The fraction of sp³-hybridized carbons (Fsp3) is 0.111. The monoisotopic (exact) mass is 281 g/mol. The normalized spacial score (nSPS) is 10.9. The van der Waals surface area contributed by atoms with E-state index in [4.69, 9.17) is 11.6 Å². The van der Waals surface area contributed by atoms with Crippen molar-refractivity contribution < 1.29 is 0 Å². The highest BCUT2D eigenvalue weighted by Crippen LogP contribution is 2.29. The Kier molecular flexibility index (Phi) is 3.72. The second kappa shape index (κ2) is 5.66. The van der Waals surface area contributed by atoms with Crippen molar-refractivity contribution in [1.82, 2.24) is 5.32 Å². The maximum atomic E-state index is 6.11. The lowest BCUT2D eigenvalue weighted by Gasteiger charge is -2.11. The highest BCUT2D eigenvalue weighted by Gasteiger charge is 2.06. The topological polar surface area (TPSA) is 12.0 Å². The molecule has 0 unspecified atom stereocenters. The van der Waals surface area contributed by atoms with E-state index >= 15 is 0 Å². The molecule has 0 atom stereocenters. The van der Waals surface area contributed by atoms with Crippen molar-refractivity contribution in [3.63, 3.8) is 0 Å². The molecule has 0 saturated heterocycles. The molecule has 0 aliphatic heterocycles. The summed E-state index contributed by atoms with van der Waals surface area (Å²) in [5.74, 6) is 0. The van der Waals surface area contributed by atoms with Crippen LogP contribution in [0, 0.1) is 0 Å². The molecule has 0 radical (unpaired) electrons. The van der Waals surface area contributed by atoms with Gasteiger partial charge in [-0.1, -0.05) is 54.1 Å². The number of fused-ring (bicyclic) bond motifs is 1. The molecule has 3 rings (SSSR count). The van der Waals surface area contributed by atoms with Crippen LogP contribution >= 0.6 is 11.6 Å². The van der Waals surface area contributed by atoms with Crippen LogP contribution < -0.4 is 5.32 Å². The molecule has 0 aromatic heterocycles. The summed E-state index contributed by atoms with van der Waals surface area (Å²) in [6.45, 7) is 0.808. The molecule has 0 saturated carbocycles. The zero-order valence-corrected chi connectivity index (χ0v) is 12.1. The highest BCUT2D eigenvalue weighted by atomic mass is 35.5. The van der Waals surface area contributed by atoms with Crippen LogP contribution in [0.1, 0.15) is 5.56 Å². The van der Waals surface area contributed by atoms with Gasteiger partial charge in [-0.3, -0.25) is 0 Å². The number of benzene rings is 3. The molecule has 0 fully saturated rings. The van der Waals surface area contributed by atoms with Crippen LogP contribution in [0.15, 0.2) is 60.7 Å². The molecule has 1 N–H and O–H groups in total. The molecule has 100 valence electrons. The average Bonchev–Trinajstić information content (AvgIpc) is 2.47. The van der Waals surface area contributed by atoms with Gasteiger partial charge in [0.15, 0.2) is 0 Å². The summed E-state index contributed by atoms with van der Waals surface area (Å²) in [6, 6.07) is 21.1. The Hall–Kier alpha value is -1.83. The van der Waals surface area contributed by atoms with Crippen LogP contribution in [0.5, 0.6) is 0 Å². The number of nitrogens with one attached hydrogen (secondary N) is 1. The van der Waals surface area contributed by atoms with Gasteiger partial charge in [0.2, 0.25) is 0 Å². The van der Waals surface area contributed by atoms with Gasteiger partial charge in [0.05, 0.1) is 0 Å². The average molecular weight is 282 g/mol. The fourth-order valence-corrected chi connectivity index (χ4v) is 2.73. The molecule has 3 aromatic rings. The van der Waals surface area contributed by atoms with Crippen LogP contribution in [-0.4, -0.2) is 7.05 Å². The zero-order valence-electron chi connectivity index (χ0n) is 11.4. The molecule has 0 aliphatic rings. The minimum absolute atomic E-state index is 0.778. The molecule has 3 aromatic carbocycles. The van der Waals surface area contributed by atoms with Gasteiger partial charge in [-0.25, -0.2) is 0 Å². The lowest BCUT2D eigenvalue weighted by Crippen LogP contribution is -2.06. The molecule has 1 nitrogen and oxygen atoms in total. The largest absolute Gasteiger partial charge is 0.316 e. The zero-order chi connectivity index (χ0) is 13.9. The summed E-state index contributed by atoms with van der Waals surface area (Å²) in [5, 5.41) is 6.50. The van der Waals surface area contributed by atoms with E-state index in [2.05, 4.69) is 53.8 Å². The Morgan fingerprint density at radius 3 is 2.50 bits per heavy atom. The van der Waals surface area contributed by atoms with Crippen molar-refractivity contribution in [3.05, 3.63) is 71.2 Å². The van der Waals surface area contributed by atoms with Gasteiger partial charge >= 0.3 is 0 Å². The summed E-state index contributed by atoms with van der Waals surface area (Å²) in [6.07, 6.45) is 0. The van der Waals surface area contributed by atoms with E-state index in [1.165, 1.54) is 27.5 Å². The molecule has 20 heavy (non-hydrogen) atoms. The number of hydrogen-bond acceptors (Lipinski definition) is 1. The molecule has 0 aliphatic carbocycles. The summed E-state index contributed by atoms with van der Waals surface area (Å²) in [5.41, 5.74) is 3.68. The molecule has 0 amide bonds. The third-order valence-electron chi connectivity index (χ3n) is 3.49. The lowest BCUT2D eigenvalue weighted by molar-refractivity contribution is 0.819. The first-order valence-corrected chi connectivity index (χ1v) is 7.08. The van der Waals surface area contributed by atoms with Gasteiger partial charge in [-0.05, 0) is 52.7 Å². The molecule has 2 heteroatoms. The van der Waals surface area contributed by atoms with Gasteiger partial charge < -0.3 is 5.32 Å². The molecular weight excluding hydrogens is 266 g/mol. The molecule has 0 spiro atoms.